The monoisotopic (exact) mass is 295 g/mol. The minimum atomic E-state index is 0.133. The minimum Gasteiger partial charge on any atom is -0.298 e. The molecule has 1 aromatic rings. The Morgan fingerprint density at radius 3 is 3.00 bits per heavy atom. The Morgan fingerprint density at radius 2 is 2.42 bits per heavy atom. The lowest BCUT2D eigenvalue weighted by Crippen LogP contribution is -1.94. The van der Waals surface area contributed by atoms with E-state index in [-0.39, 0.29) is 6.10 Å². The summed E-state index contributed by atoms with van der Waals surface area (Å²) in [5, 5.41) is 0. The van der Waals surface area contributed by atoms with Gasteiger partial charge in [-0.05, 0) is 31.5 Å². The fourth-order valence-corrected chi connectivity index (χ4v) is 2.08. The van der Waals surface area contributed by atoms with Crippen LogP contribution in [0, 0.1) is 6.92 Å². The van der Waals surface area contributed by atoms with Crippen LogP contribution < -0.4 is 0 Å². The Bertz CT molecular complexity index is 257. The highest BCUT2D eigenvalue weighted by atomic mass is 127. The number of hydrogen-bond donors (Lipinski definition) is 0. The van der Waals surface area contributed by atoms with Gasteiger partial charge in [0.25, 0.3) is 0 Å². The standard InChI is InChI=1S/C8H10INOS/c1-6-5-8(3-4-10-6)7(2)11-12-9/h3-5,7H,1-2H3. The fraction of sp³-hybridized carbons (Fsp3) is 0.375. The molecule has 0 fully saturated rings. The van der Waals surface area contributed by atoms with Crippen LogP contribution >= 0.6 is 30.4 Å². The Kier molecular flexibility index (Phi) is 4.31. The van der Waals surface area contributed by atoms with Crippen molar-refractivity contribution in [1.82, 2.24) is 4.98 Å². The molecular formula is C8H10INOS. The third-order valence-corrected chi connectivity index (χ3v) is 2.56. The molecule has 1 rings (SSSR count). The molecule has 0 saturated heterocycles. The van der Waals surface area contributed by atoms with E-state index >= 15 is 0 Å². The van der Waals surface area contributed by atoms with Crippen LogP contribution in [0.3, 0.4) is 0 Å². The van der Waals surface area contributed by atoms with Gasteiger partial charge in [-0.1, -0.05) is 0 Å². The first-order valence-corrected chi connectivity index (χ1v) is 6.89. The largest absolute Gasteiger partial charge is 0.298 e. The van der Waals surface area contributed by atoms with Gasteiger partial charge in [0.1, 0.15) is 0 Å². The molecule has 1 heterocycles. The van der Waals surface area contributed by atoms with E-state index in [1.165, 1.54) is 14.8 Å². The van der Waals surface area contributed by atoms with E-state index < -0.39 is 0 Å². The zero-order valence-corrected chi connectivity index (χ0v) is 9.93. The second-order valence-electron chi connectivity index (χ2n) is 2.53. The van der Waals surface area contributed by atoms with Crippen LogP contribution in [0.5, 0.6) is 0 Å². The summed E-state index contributed by atoms with van der Waals surface area (Å²) in [5.74, 6) is 0. The highest BCUT2D eigenvalue weighted by Crippen LogP contribution is 2.25. The summed E-state index contributed by atoms with van der Waals surface area (Å²) in [4.78, 5) is 4.12. The molecule has 0 amide bonds. The summed E-state index contributed by atoms with van der Waals surface area (Å²) in [7, 11) is 1.36. The summed E-state index contributed by atoms with van der Waals surface area (Å²) < 4.78 is 5.36. The van der Waals surface area contributed by atoms with Crippen molar-refractivity contribution in [1.29, 1.82) is 0 Å². The highest BCUT2D eigenvalue weighted by molar-refractivity contribution is 14.2. The molecule has 0 spiro atoms. The predicted octanol–water partition coefficient (Wildman–Crippen LogP) is 3.47. The van der Waals surface area contributed by atoms with Gasteiger partial charge in [-0.15, -0.1) is 0 Å². The predicted molar refractivity (Wildman–Crippen MR) is 60.1 cm³/mol. The number of nitrogens with zero attached hydrogens (tertiary/aromatic N) is 1. The van der Waals surface area contributed by atoms with Crippen molar-refractivity contribution >= 4 is 30.4 Å². The van der Waals surface area contributed by atoms with Gasteiger partial charge in [-0.2, -0.15) is 0 Å². The van der Waals surface area contributed by atoms with Gasteiger partial charge in [0.2, 0.25) is 0 Å². The second kappa shape index (κ2) is 5.04. The molecule has 1 atom stereocenters. The van der Waals surface area contributed by atoms with Crippen molar-refractivity contribution in [2.75, 3.05) is 0 Å². The van der Waals surface area contributed by atoms with E-state index in [2.05, 4.69) is 26.2 Å². The molecule has 12 heavy (non-hydrogen) atoms. The number of pyridine rings is 1. The van der Waals surface area contributed by atoms with Crippen LogP contribution in [0.15, 0.2) is 18.3 Å². The average Bonchev–Trinajstić information content (AvgIpc) is 2.05. The first kappa shape index (κ1) is 10.3. The molecule has 0 radical (unpaired) electrons. The maximum atomic E-state index is 5.36. The van der Waals surface area contributed by atoms with Gasteiger partial charge < -0.3 is 0 Å². The maximum Gasteiger partial charge on any atom is 0.0954 e. The number of aromatic nitrogens is 1. The molecule has 2 nitrogen and oxygen atoms in total. The Balaban J connectivity index is 2.73. The summed E-state index contributed by atoms with van der Waals surface area (Å²) in [6.07, 6.45) is 1.94. The third kappa shape index (κ3) is 2.91. The van der Waals surface area contributed by atoms with Crippen molar-refractivity contribution in [3.8, 4) is 0 Å². The fourth-order valence-electron chi connectivity index (χ4n) is 0.930. The zero-order chi connectivity index (χ0) is 8.97. The third-order valence-electron chi connectivity index (χ3n) is 1.57. The zero-order valence-electron chi connectivity index (χ0n) is 6.95. The van der Waals surface area contributed by atoms with Crippen LogP contribution in [-0.2, 0) is 4.18 Å². The van der Waals surface area contributed by atoms with Crippen LogP contribution in [0.1, 0.15) is 24.3 Å². The molecule has 1 unspecified atom stereocenters. The molecule has 0 aromatic carbocycles. The summed E-state index contributed by atoms with van der Waals surface area (Å²) in [6, 6.07) is 4.02. The van der Waals surface area contributed by atoms with Crippen molar-refractivity contribution in [3.05, 3.63) is 29.6 Å². The van der Waals surface area contributed by atoms with Gasteiger partial charge in [0.15, 0.2) is 0 Å². The summed E-state index contributed by atoms with van der Waals surface area (Å²) in [6.45, 7) is 4.01. The van der Waals surface area contributed by atoms with E-state index in [0.29, 0.717) is 0 Å². The molecule has 0 N–H and O–H groups in total. The van der Waals surface area contributed by atoms with E-state index in [4.69, 9.17) is 4.18 Å². The molecule has 0 aliphatic carbocycles. The molecule has 0 saturated carbocycles. The smallest absolute Gasteiger partial charge is 0.0954 e. The molecule has 0 bridgehead atoms. The lowest BCUT2D eigenvalue weighted by Gasteiger charge is -2.09. The molecular weight excluding hydrogens is 285 g/mol. The normalized spacial score (nSPS) is 12.9. The lowest BCUT2D eigenvalue weighted by molar-refractivity contribution is 0.278. The van der Waals surface area contributed by atoms with Crippen molar-refractivity contribution in [3.63, 3.8) is 0 Å². The molecule has 0 aliphatic rings. The molecule has 66 valence electrons. The highest BCUT2D eigenvalue weighted by Gasteiger charge is 2.05. The van der Waals surface area contributed by atoms with Gasteiger partial charge in [-0.25, -0.2) is 0 Å². The van der Waals surface area contributed by atoms with Crippen molar-refractivity contribution in [2.24, 2.45) is 0 Å². The molecule has 4 heteroatoms. The first-order chi connectivity index (χ1) is 5.74. The van der Waals surface area contributed by atoms with E-state index in [0.717, 1.165) is 5.69 Å². The topological polar surface area (TPSA) is 22.1 Å². The average molecular weight is 295 g/mol. The maximum absolute atomic E-state index is 5.36. The number of halogens is 1. The van der Waals surface area contributed by atoms with Crippen LogP contribution in [-0.4, -0.2) is 4.98 Å². The van der Waals surface area contributed by atoms with Gasteiger partial charge in [0, 0.05) is 33.1 Å². The van der Waals surface area contributed by atoms with Gasteiger partial charge >= 0.3 is 0 Å². The molecule has 0 aliphatic heterocycles. The number of aryl methyl sites for hydroxylation is 1. The quantitative estimate of drug-likeness (QED) is 0.630. The van der Waals surface area contributed by atoms with E-state index in [1.54, 1.807) is 0 Å². The number of hydrogen-bond acceptors (Lipinski definition) is 3. The first-order valence-electron chi connectivity index (χ1n) is 3.60. The summed E-state index contributed by atoms with van der Waals surface area (Å²) in [5.41, 5.74) is 2.20. The Labute approximate surface area is 88.9 Å². The van der Waals surface area contributed by atoms with Gasteiger partial charge in [0.05, 0.1) is 15.3 Å². The van der Waals surface area contributed by atoms with E-state index in [9.17, 15) is 0 Å². The Hall–Kier alpha value is 0.190. The van der Waals surface area contributed by atoms with Crippen LogP contribution in [0.4, 0.5) is 0 Å². The molecule has 1 aromatic heterocycles. The second-order valence-corrected chi connectivity index (χ2v) is 3.93. The Morgan fingerprint density at radius 1 is 1.67 bits per heavy atom. The SMILES string of the molecule is Cc1cc(C(C)OSI)ccn1. The van der Waals surface area contributed by atoms with Crippen LogP contribution in [0.25, 0.3) is 0 Å². The van der Waals surface area contributed by atoms with Crippen LogP contribution in [0.2, 0.25) is 0 Å². The van der Waals surface area contributed by atoms with Crippen molar-refractivity contribution in [2.45, 2.75) is 20.0 Å². The minimum absolute atomic E-state index is 0.133. The number of rotatable bonds is 3. The lowest BCUT2D eigenvalue weighted by atomic mass is 10.1. The van der Waals surface area contributed by atoms with E-state index in [1.807, 2.05) is 32.2 Å². The van der Waals surface area contributed by atoms with Gasteiger partial charge in [-0.3, -0.25) is 9.17 Å². The summed E-state index contributed by atoms with van der Waals surface area (Å²) >= 11 is 2.12. The van der Waals surface area contributed by atoms with Crippen molar-refractivity contribution < 1.29 is 4.18 Å².